The van der Waals surface area contributed by atoms with Gasteiger partial charge in [-0.1, -0.05) is 0 Å². The fourth-order valence-electron chi connectivity index (χ4n) is 4.13. The second-order valence-corrected chi connectivity index (χ2v) is 9.95. The lowest BCUT2D eigenvalue weighted by molar-refractivity contribution is -0.122. The number of nitrogens with zero attached hydrogens (tertiary/aromatic N) is 3. The maximum atomic E-state index is 12.1. The first-order valence-corrected chi connectivity index (χ1v) is 15.2. The Kier molecular flexibility index (Phi) is 24.1. The van der Waals surface area contributed by atoms with Gasteiger partial charge in [-0.15, -0.1) is 0 Å². The third kappa shape index (κ3) is 21.9. The quantitative estimate of drug-likeness (QED) is 0.0613. The average Bonchev–Trinajstić information content (AvgIpc) is 2.98. The molecule has 0 aromatic heterocycles. The molecule has 42 heavy (non-hydrogen) atoms. The standard InChI is InChI=1S/C28H57N9O5/c1-6-33-27(41)11-18-36(17-10-26(40)31-5)22-23-37(19-12-28(42)34-7-2)21-14-32-13-20-35(15-8-24(38)29-3)16-9-25(39)30-4/h32H,6-23H2,1-5H3,(H,29,38)(H,30,39)(H,31,40)(H,33,41)(H,34,42). The maximum absolute atomic E-state index is 12.1. The second-order valence-electron chi connectivity index (χ2n) is 9.95. The first-order chi connectivity index (χ1) is 20.2. The highest BCUT2D eigenvalue weighted by Crippen LogP contribution is 2.00. The Hall–Kier alpha value is -2.81. The summed E-state index contributed by atoms with van der Waals surface area (Å²) < 4.78 is 0. The van der Waals surface area contributed by atoms with Crippen LogP contribution >= 0.6 is 0 Å². The summed E-state index contributed by atoms with van der Waals surface area (Å²) >= 11 is 0. The molecule has 14 nitrogen and oxygen atoms in total. The monoisotopic (exact) mass is 599 g/mol. The van der Waals surface area contributed by atoms with Gasteiger partial charge in [-0.25, -0.2) is 0 Å². The van der Waals surface area contributed by atoms with Gasteiger partial charge in [-0.05, 0) is 13.8 Å². The number of nitrogens with one attached hydrogen (secondary N) is 6. The van der Waals surface area contributed by atoms with E-state index in [9.17, 15) is 24.0 Å². The Balaban J connectivity index is 5.00. The number of rotatable bonds is 26. The Morgan fingerprint density at radius 3 is 1.02 bits per heavy atom. The lowest BCUT2D eigenvalue weighted by atomic mass is 10.3. The molecule has 0 heterocycles. The van der Waals surface area contributed by atoms with Crippen molar-refractivity contribution in [2.45, 2.75) is 46.0 Å². The van der Waals surface area contributed by atoms with Crippen molar-refractivity contribution in [2.75, 3.05) is 106 Å². The Bertz CT molecular complexity index is 765. The molecule has 0 unspecified atom stereocenters. The third-order valence-corrected chi connectivity index (χ3v) is 6.80. The molecule has 0 aromatic rings. The zero-order valence-corrected chi connectivity index (χ0v) is 26.6. The van der Waals surface area contributed by atoms with E-state index in [1.54, 1.807) is 21.1 Å². The summed E-state index contributed by atoms with van der Waals surface area (Å²) in [7, 11) is 4.84. The van der Waals surface area contributed by atoms with E-state index in [0.717, 1.165) is 6.54 Å². The molecule has 0 bridgehead atoms. The molecule has 0 spiro atoms. The SMILES string of the molecule is CCNC(=O)CCN(CCNCCN(CCC(=O)NC)CCC(=O)NC)CCN(CCC(=O)NC)CCC(=O)NCC. The molecule has 244 valence electrons. The minimum absolute atomic E-state index is 0.00560. The fraction of sp³-hybridized carbons (Fsp3) is 0.821. The normalized spacial score (nSPS) is 11.0. The summed E-state index contributed by atoms with van der Waals surface area (Å²) in [5.74, 6) is -0.127. The van der Waals surface area contributed by atoms with Gasteiger partial charge in [0.05, 0.1) is 0 Å². The summed E-state index contributed by atoms with van der Waals surface area (Å²) in [6.07, 6.45) is 1.83. The molecule has 0 fully saturated rings. The Morgan fingerprint density at radius 1 is 0.429 bits per heavy atom. The highest BCUT2D eigenvalue weighted by Gasteiger charge is 2.14. The molecule has 0 rings (SSSR count). The van der Waals surface area contributed by atoms with Gasteiger partial charge in [0.25, 0.3) is 0 Å². The van der Waals surface area contributed by atoms with Crippen LogP contribution in [0.2, 0.25) is 0 Å². The van der Waals surface area contributed by atoms with Crippen LogP contribution < -0.4 is 31.9 Å². The lowest BCUT2D eigenvalue weighted by Crippen LogP contribution is -2.43. The van der Waals surface area contributed by atoms with Crippen LogP contribution in [-0.4, -0.2) is 150 Å². The van der Waals surface area contributed by atoms with Crippen LogP contribution in [0.15, 0.2) is 0 Å². The zero-order chi connectivity index (χ0) is 31.6. The summed E-state index contributed by atoms with van der Waals surface area (Å²) in [4.78, 5) is 65.8. The molecular formula is C28H57N9O5. The van der Waals surface area contributed by atoms with Crippen molar-refractivity contribution in [3.63, 3.8) is 0 Å². The minimum atomic E-state index is -0.0463. The molecule has 6 N–H and O–H groups in total. The average molecular weight is 600 g/mol. The van der Waals surface area contributed by atoms with Crippen molar-refractivity contribution in [3.05, 3.63) is 0 Å². The Morgan fingerprint density at radius 2 is 0.714 bits per heavy atom. The first-order valence-electron chi connectivity index (χ1n) is 15.2. The van der Waals surface area contributed by atoms with Crippen molar-refractivity contribution < 1.29 is 24.0 Å². The number of carbonyl (C=O) groups excluding carboxylic acids is 5. The van der Waals surface area contributed by atoms with Crippen LogP contribution in [0.5, 0.6) is 0 Å². The summed E-state index contributed by atoms with van der Waals surface area (Å²) in [6.45, 7) is 11.9. The molecule has 0 aliphatic heterocycles. The van der Waals surface area contributed by atoms with Gasteiger partial charge in [-0.3, -0.25) is 24.0 Å². The topological polar surface area (TPSA) is 167 Å². The lowest BCUT2D eigenvalue weighted by Gasteiger charge is -2.28. The smallest absolute Gasteiger partial charge is 0.221 e. The van der Waals surface area contributed by atoms with Crippen molar-refractivity contribution in [3.8, 4) is 0 Å². The molecule has 0 saturated carbocycles. The van der Waals surface area contributed by atoms with Gasteiger partial charge in [0.2, 0.25) is 29.5 Å². The van der Waals surface area contributed by atoms with E-state index in [4.69, 9.17) is 0 Å². The fourth-order valence-corrected chi connectivity index (χ4v) is 4.13. The van der Waals surface area contributed by atoms with Crippen LogP contribution in [0.25, 0.3) is 0 Å². The Labute approximate surface area is 252 Å². The van der Waals surface area contributed by atoms with Gasteiger partial charge in [-0.2, -0.15) is 0 Å². The molecule has 0 atom stereocenters. The number of hydrogen-bond acceptors (Lipinski definition) is 9. The van der Waals surface area contributed by atoms with Gasteiger partial charge in [0, 0.05) is 138 Å². The van der Waals surface area contributed by atoms with E-state index >= 15 is 0 Å². The van der Waals surface area contributed by atoms with Crippen LogP contribution in [0.4, 0.5) is 0 Å². The van der Waals surface area contributed by atoms with E-state index in [1.165, 1.54) is 0 Å². The number of hydrogen-bond donors (Lipinski definition) is 6. The van der Waals surface area contributed by atoms with Crippen molar-refractivity contribution >= 4 is 29.5 Å². The van der Waals surface area contributed by atoms with E-state index in [2.05, 4.69) is 46.6 Å². The van der Waals surface area contributed by atoms with Gasteiger partial charge in [0.1, 0.15) is 0 Å². The zero-order valence-electron chi connectivity index (χ0n) is 26.6. The van der Waals surface area contributed by atoms with Crippen molar-refractivity contribution in [2.24, 2.45) is 0 Å². The van der Waals surface area contributed by atoms with E-state index in [1.807, 2.05) is 13.8 Å². The van der Waals surface area contributed by atoms with E-state index in [0.29, 0.717) is 111 Å². The number of carbonyl (C=O) groups is 5. The van der Waals surface area contributed by atoms with Crippen molar-refractivity contribution in [1.29, 1.82) is 0 Å². The molecular weight excluding hydrogens is 542 g/mol. The molecule has 0 radical (unpaired) electrons. The van der Waals surface area contributed by atoms with E-state index < -0.39 is 0 Å². The second kappa shape index (κ2) is 25.9. The van der Waals surface area contributed by atoms with Gasteiger partial charge < -0.3 is 46.6 Å². The highest BCUT2D eigenvalue weighted by molar-refractivity contribution is 5.77. The van der Waals surface area contributed by atoms with Crippen molar-refractivity contribution in [1.82, 2.24) is 46.6 Å². The molecule has 5 amide bonds. The molecule has 0 aromatic carbocycles. The molecule has 0 saturated heterocycles. The van der Waals surface area contributed by atoms with Crippen LogP contribution in [0.1, 0.15) is 46.0 Å². The summed E-state index contributed by atoms with van der Waals surface area (Å²) in [5, 5.41) is 17.0. The predicted octanol–water partition coefficient (Wildman–Crippen LogP) is -2.06. The molecule has 0 aliphatic carbocycles. The summed E-state index contributed by atoms with van der Waals surface area (Å²) in [5.41, 5.74) is 0. The molecule has 14 heteroatoms. The van der Waals surface area contributed by atoms with Crippen LogP contribution in [0, 0.1) is 0 Å². The first kappa shape index (κ1) is 39.2. The number of amides is 5. The van der Waals surface area contributed by atoms with Gasteiger partial charge >= 0.3 is 0 Å². The van der Waals surface area contributed by atoms with Crippen LogP contribution in [-0.2, 0) is 24.0 Å². The maximum Gasteiger partial charge on any atom is 0.221 e. The van der Waals surface area contributed by atoms with E-state index in [-0.39, 0.29) is 29.5 Å². The minimum Gasteiger partial charge on any atom is -0.359 e. The molecule has 0 aliphatic rings. The predicted molar refractivity (Wildman–Crippen MR) is 165 cm³/mol. The largest absolute Gasteiger partial charge is 0.359 e. The summed E-state index contributed by atoms with van der Waals surface area (Å²) in [6, 6.07) is 0. The highest BCUT2D eigenvalue weighted by atomic mass is 16.2. The van der Waals surface area contributed by atoms with Crippen LogP contribution in [0.3, 0.4) is 0 Å². The third-order valence-electron chi connectivity index (χ3n) is 6.80. The van der Waals surface area contributed by atoms with Gasteiger partial charge in [0.15, 0.2) is 0 Å².